The molecule has 3 nitrogen and oxygen atoms in total. The fourth-order valence-electron chi connectivity index (χ4n) is 3.73. The normalized spacial score (nSPS) is 20.5. The van der Waals surface area contributed by atoms with Crippen LogP contribution in [0.5, 0.6) is 0 Å². The first-order chi connectivity index (χ1) is 11.1. The van der Waals surface area contributed by atoms with Crippen molar-refractivity contribution in [1.29, 1.82) is 0 Å². The van der Waals surface area contributed by atoms with E-state index in [1.165, 1.54) is 17.8 Å². The summed E-state index contributed by atoms with van der Waals surface area (Å²) in [5, 5.41) is 5.60. The summed E-state index contributed by atoms with van der Waals surface area (Å²) in [5.74, 6) is 0.0631. The number of thiophene rings is 1. The average Bonchev–Trinajstić information content (AvgIpc) is 3.13. The van der Waals surface area contributed by atoms with Gasteiger partial charge in [-0.1, -0.05) is 29.3 Å². The van der Waals surface area contributed by atoms with Gasteiger partial charge >= 0.3 is 0 Å². The molecule has 1 spiro atoms. The molecule has 23 heavy (non-hydrogen) atoms. The largest absolute Gasteiger partial charge is 0.338 e. The topological polar surface area (TPSA) is 32.3 Å². The van der Waals surface area contributed by atoms with Gasteiger partial charge in [0.15, 0.2) is 0 Å². The minimum absolute atomic E-state index is 0.0631. The highest BCUT2D eigenvalue weighted by molar-refractivity contribution is 7.21. The maximum atomic E-state index is 12.9. The summed E-state index contributed by atoms with van der Waals surface area (Å²) >= 11 is 13.9. The van der Waals surface area contributed by atoms with Gasteiger partial charge in [0.25, 0.3) is 5.91 Å². The van der Waals surface area contributed by atoms with Crippen LogP contribution in [0.3, 0.4) is 0 Å². The summed E-state index contributed by atoms with van der Waals surface area (Å²) in [6, 6.07) is 5.58. The van der Waals surface area contributed by atoms with Crippen LogP contribution in [-0.2, 0) is 0 Å². The lowest BCUT2D eigenvalue weighted by atomic mass is 9.78. The number of halogens is 2. The molecule has 0 bridgehead atoms. The smallest absolute Gasteiger partial charge is 0.265 e. The van der Waals surface area contributed by atoms with E-state index in [0.29, 0.717) is 20.3 Å². The van der Waals surface area contributed by atoms with Crippen molar-refractivity contribution in [2.75, 3.05) is 26.2 Å². The molecule has 0 unspecified atom stereocenters. The minimum Gasteiger partial charge on any atom is -0.338 e. The molecule has 0 radical (unpaired) electrons. The first-order valence-electron chi connectivity index (χ1n) is 7.96. The number of hydrogen-bond acceptors (Lipinski definition) is 3. The Morgan fingerprint density at radius 2 is 2.00 bits per heavy atom. The number of hydrogen-bond donors (Lipinski definition) is 1. The highest BCUT2D eigenvalue weighted by Gasteiger charge is 2.38. The van der Waals surface area contributed by atoms with Crippen LogP contribution in [0.4, 0.5) is 0 Å². The zero-order chi connectivity index (χ0) is 16.0. The van der Waals surface area contributed by atoms with Crippen LogP contribution < -0.4 is 5.32 Å². The molecule has 0 aliphatic carbocycles. The predicted octanol–water partition coefficient (Wildman–Crippen LogP) is 4.42. The summed E-state index contributed by atoms with van der Waals surface area (Å²) in [6.45, 7) is 3.85. The third-order valence-corrected chi connectivity index (χ3v) is 7.11. The van der Waals surface area contributed by atoms with Crippen molar-refractivity contribution in [3.8, 4) is 0 Å². The molecule has 3 heterocycles. The number of benzene rings is 1. The van der Waals surface area contributed by atoms with Gasteiger partial charge in [0.05, 0.1) is 5.02 Å². The molecular weight excluding hydrogens is 351 g/mol. The van der Waals surface area contributed by atoms with E-state index in [-0.39, 0.29) is 5.91 Å². The maximum absolute atomic E-state index is 12.9. The van der Waals surface area contributed by atoms with Gasteiger partial charge in [-0.2, -0.15) is 0 Å². The van der Waals surface area contributed by atoms with E-state index in [0.717, 1.165) is 49.1 Å². The molecular formula is C17H18Cl2N2OS. The van der Waals surface area contributed by atoms with Crippen LogP contribution in [0.2, 0.25) is 10.0 Å². The Morgan fingerprint density at radius 1 is 1.22 bits per heavy atom. The van der Waals surface area contributed by atoms with Gasteiger partial charge in [0.2, 0.25) is 0 Å². The van der Waals surface area contributed by atoms with Crippen LogP contribution in [0, 0.1) is 5.41 Å². The fourth-order valence-corrected chi connectivity index (χ4v) is 5.48. The highest BCUT2D eigenvalue weighted by Crippen LogP contribution is 2.40. The Morgan fingerprint density at radius 3 is 2.70 bits per heavy atom. The zero-order valence-corrected chi connectivity index (χ0v) is 15.0. The van der Waals surface area contributed by atoms with Crippen molar-refractivity contribution in [2.24, 2.45) is 5.41 Å². The number of fused-ring (bicyclic) bond motifs is 1. The van der Waals surface area contributed by atoms with Gasteiger partial charge in [0.1, 0.15) is 4.88 Å². The maximum Gasteiger partial charge on any atom is 0.265 e. The van der Waals surface area contributed by atoms with Crippen LogP contribution in [0.15, 0.2) is 18.2 Å². The van der Waals surface area contributed by atoms with Crippen LogP contribution in [-0.4, -0.2) is 37.0 Å². The number of nitrogens with one attached hydrogen (secondary N) is 1. The van der Waals surface area contributed by atoms with Crippen LogP contribution >= 0.6 is 34.5 Å². The Bertz CT molecular complexity index is 757. The fraction of sp³-hybridized carbons (Fsp3) is 0.471. The van der Waals surface area contributed by atoms with Gasteiger partial charge in [-0.15, -0.1) is 11.3 Å². The molecule has 2 fully saturated rings. The average molecular weight is 369 g/mol. The lowest BCUT2D eigenvalue weighted by Crippen LogP contribution is -2.43. The molecule has 0 atom stereocenters. The van der Waals surface area contributed by atoms with Crippen molar-refractivity contribution >= 4 is 50.5 Å². The van der Waals surface area contributed by atoms with E-state index in [1.807, 2.05) is 23.1 Å². The number of likely N-dealkylation sites (tertiary alicyclic amines) is 1. The number of carbonyl (C=O) groups is 1. The molecule has 2 aromatic rings. The van der Waals surface area contributed by atoms with Crippen molar-refractivity contribution in [1.82, 2.24) is 10.2 Å². The molecule has 2 aliphatic heterocycles. The highest BCUT2D eigenvalue weighted by atomic mass is 35.5. The van der Waals surface area contributed by atoms with E-state index < -0.39 is 0 Å². The van der Waals surface area contributed by atoms with Crippen molar-refractivity contribution in [2.45, 2.75) is 19.3 Å². The van der Waals surface area contributed by atoms with Gasteiger partial charge in [-0.05, 0) is 43.4 Å². The summed E-state index contributed by atoms with van der Waals surface area (Å²) in [4.78, 5) is 15.5. The third kappa shape index (κ3) is 2.76. The second-order valence-corrected chi connectivity index (χ2v) is 8.47. The van der Waals surface area contributed by atoms with Gasteiger partial charge < -0.3 is 10.2 Å². The van der Waals surface area contributed by atoms with Crippen LogP contribution in [0.1, 0.15) is 28.9 Å². The third-order valence-electron chi connectivity index (χ3n) is 5.23. The van der Waals surface area contributed by atoms with Gasteiger partial charge in [-0.25, -0.2) is 0 Å². The SMILES string of the molecule is O=C(c1sc2cc(Cl)ccc2c1Cl)N1CCC2(CCNC2)CC1. The summed E-state index contributed by atoms with van der Waals surface area (Å²) in [7, 11) is 0. The van der Waals surface area contributed by atoms with Gasteiger partial charge in [0, 0.05) is 34.7 Å². The standard InChI is InChI=1S/C17H18Cl2N2OS/c18-11-1-2-12-13(9-11)23-15(14(12)19)16(22)21-7-4-17(5-8-21)3-6-20-10-17/h1-2,9,20H,3-8,10H2. The second kappa shape index (κ2) is 5.92. The van der Waals surface area contributed by atoms with E-state index in [2.05, 4.69) is 5.32 Å². The Kier molecular flexibility index (Phi) is 4.04. The summed E-state index contributed by atoms with van der Waals surface area (Å²) in [6.07, 6.45) is 3.40. The molecule has 1 aromatic carbocycles. The number of carbonyl (C=O) groups excluding carboxylic acids is 1. The molecule has 1 N–H and O–H groups in total. The molecule has 122 valence electrons. The van der Waals surface area contributed by atoms with E-state index >= 15 is 0 Å². The van der Waals surface area contributed by atoms with E-state index in [1.54, 1.807) is 0 Å². The molecule has 0 saturated carbocycles. The molecule has 2 aliphatic rings. The number of piperidine rings is 1. The molecule has 1 aromatic heterocycles. The molecule has 6 heteroatoms. The Hall–Kier alpha value is -0.810. The lowest BCUT2D eigenvalue weighted by Gasteiger charge is -2.38. The Labute approximate surface area is 149 Å². The Balaban J connectivity index is 1.56. The second-order valence-electron chi connectivity index (χ2n) is 6.60. The number of nitrogens with zero attached hydrogens (tertiary/aromatic N) is 1. The minimum atomic E-state index is 0.0631. The first-order valence-corrected chi connectivity index (χ1v) is 9.53. The summed E-state index contributed by atoms with van der Waals surface area (Å²) in [5.41, 5.74) is 0.411. The molecule has 1 amide bonds. The van der Waals surface area contributed by atoms with Crippen molar-refractivity contribution in [3.63, 3.8) is 0 Å². The zero-order valence-electron chi connectivity index (χ0n) is 12.7. The molecule has 4 rings (SSSR count). The van der Waals surface area contributed by atoms with E-state index in [4.69, 9.17) is 23.2 Å². The quantitative estimate of drug-likeness (QED) is 0.807. The summed E-state index contributed by atoms with van der Waals surface area (Å²) < 4.78 is 0.972. The monoisotopic (exact) mass is 368 g/mol. The number of rotatable bonds is 1. The first kappa shape index (κ1) is 15.7. The van der Waals surface area contributed by atoms with Crippen molar-refractivity contribution < 1.29 is 4.79 Å². The van der Waals surface area contributed by atoms with Gasteiger partial charge in [-0.3, -0.25) is 4.79 Å². The van der Waals surface area contributed by atoms with Crippen LogP contribution in [0.25, 0.3) is 10.1 Å². The molecule has 2 saturated heterocycles. The van der Waals surface area contributed by atoms with Crippen molar-refractivity contribution in [3.05, 3.63) is 33.1 Å². The predicted molar refractivity (Wildman–Crippen MR) is 96.9 cm³/mol. The number of amides is 1. The van der Waals surface area contributed by atoms with E-state index in [9.17, 15) is 4.79 Å². The lowest BCUT2D eigenvalue weighted by molar-refractivity contribution is 0.0612.